The van der Waals surface area contributed by atoms with Gasteiger partial charge in [-0.15, -0.1) is 0 Å². The Kier molecular flexibility index (Phi) is 6.38. The first-order valence-electron chi connectivity index (χ1n) is 11.8. The van der Waals surface area contributed by atoms with Gasteiger partial charge in [0.05, 0.1) is 0 Å². The van der Waals surface area contributed by atoms with Crippen molar-refractivity contribution < 1.29 is 12.9 Å². The third kappa shape index (κ3) is 4.20. The van der Waals surface area contributed by atoms with E-state index in [1.807, 2.05) is 31.2 Å². The second kappa shape index (κ2) is 8.95. The second-order valence-electron chi connectivity index (χ2n) is 9.80. The number of rotatable bonds is 4. The van der Waals surface area contributed by atoms with E-state index in [9.17, 15) is 0 Å². The van der Waals surface area contributed by atoms with Crippen LogP contribution in [0.1, 0.15) is 78.5 Å². The highest BCUT2D eigenvalue weighted by molar-refractivity contribution is 7.32. The third-order valence-electron chi connectivity index (χ3n) is 6.75. The molecule has 174 valence electrons. The van der Waals surface area contributed by atoms with Crippen molar-refractivity contribution in [3.05, 3.63) is 75.3 Å². The lowest BCUT2D eigenvalue weighted by Crippen LogP contribution is -1.97. The van der Waals surface area contributed by atoms with E-state index in [-0.39, 0.29) is 0 Å². The molecule has 0 aliphatic rings. The molecule has 0 atom stereocenters. The van der Waals surface area contributed by atoms with Gasteiger partial charge in [-0.3, -0.25) is 0 Å². The van der Waals surface area contributed by atoms with Crippen molar-refractivity contribution in [3.8, 4) is 5.75 Å². The fourth-order valence-corrected chi connectivity index (χ4v) is 5.61. The van der Waals surface area contributed by atoms with Gasteiger partial charge >= 0.3 is 8.24 Å². The highest BCUT2D eigenvalue weighted by atomic mass is 31.1. The molecule has 1 heterocycles. The van der Waals surface area contributed by atoms with Gasteiger partial charge in [-0.25, -0.2) is 0 Å². The molecule has 1 aromatic heterocycles. The predicted octanol–water partition coefficient (Wildman–Crippen LogP) is 9.92. The minimum atomic E-state index is -1.69. The Morgan fingerprint density at radius 2 is 1.12 bits per heavy atom. The van der Waals surface area contributed by atoms with Crippen LogP contribution in [0.3, 0.4) is 0 Å². The van der Waals surface area contributed by atoms with Crippen molar-refractivity contribution in [1.29, 1.82) is 0 Å². The second-order valence-corrected chi connectivity index (χ2v) is 10.8. The number of aryl methyl sites for hydroxylation is 5. The van der Waals surface area contributed by atoms with Crippen LogP contribution in [0.2, 0.25) is 0 Å². The predicted molar refractivity (Wildman–Crippen MR) is 141 cm³/mol. The molecule has 0 radical (unpaired) electrons. The topological polar surface area (TPSA) is 35.5 Å². The zero-order valence-corrected chi connectivity index (χ0v) is 22.2. The first-order chi connectivity index (χ1) is 15.6. The molecular formula is C29H35O3P. The lowest BCUT2D eigenvalue weighted by molar-refractivity contribution is 0.493. The van der Waals surface area contributed by atoms with Gasteiger partial charge in [0.25, 0.3) is 0 Å². The van der Waals surface area contributed by atoms with E-state index in [0.717, 1.165) is 33.3 Å². The first-order valence-corrected chi connectivity index (χ1v) is 12.9. The van der Waals surface area contributed by atoms with E-state index < -0.39 is 8.24 Å². The Morgan fingerprint density at radius 1 is 0.667 bits per heavy atom. The highest BCUT2D eigenvalue weighted by Crippen LogP contribution is 2.45. The molecule has 0 N–H and O–H groups in total. The summed E-state index contributed by atoms with van der Waals surface area (Å²) in [4.78, 5) is 0. The summed E-state index contributed by atoms with van der Waals surface area (Å²) in [6.07, 6.45) is 0. The Labute approximate surface area is 198 Å². The number of hydrogen-bond donors (Lipinski definition) is 0. The highest BCUT2D eigenvalue weighted by Gasteiger charge is 2.21. The lowest BCUT2D eigenvalue weighted by Gasteiger charge is -2.15. The maximum absolute atomic E-state index is 6.68. The summed E-state index contributed by atoms with van der Waals surface area (Å²) in [5, 5.41) is 2.30. The molecule has 4 heteroatoms. The average Bonchev–Trinajstić information content (AvgIpc) is 2.92. The largest absolute Gasteiger partial charge is 0.453 e. The van der Waals surface area contributed by atoms with E-state index in [2.05, 4.69) is 67.5 Å². The Hall–Kier alpha value is -2.64. The molecule has 0 saturated heterocycles. The average molecular weight is 463 g/mol. The molecule has 0 spiro atoms. The molecule has 33 heavy (non-hydrogen) atoms. The summed E-state index contributed by atoms with van der Waals surface area (Å²) < 4.78 is 19.8. The van der Waals surface area contributed by atoms with Crippen LogP contribution in [0.25, 0.3) is 21.9 Å². The molecule has 4 aromatic rings. The molecule has 0 saturated carbocycles. The number of hydrogen-bond acceptors (Lipinski definition) is 3. The zero-order chi connectivity index (χ0) is 24.0. The van der Waals surface area contributed by atoms with E-state index >= 15 is 0 Å². The quantitative estimate of drug-likeness (QED) is 0.303. The summed E-state index contributed by atoms with van der Waals surface area (Å²) in [6.45, 7) is 19.7. The summed E-state index contributed by atoms with van der Waals surface area (Å²) in [6, 6.07) is 12.5. The molecule has 0 bridgehead atoms. The van der Waals surface area contributed by atoms with Gasteiger partial charge in [0.2, 0.25) is 0 Å². The summed E-state index contributed by atoms with van der Waals surface area (Å²) in [5.41, 5.74) is 10.2. The molecule has 0 aliphatic heterocycles. The number of para-hydroxylation sites is 1. The van der Waals surface area contributed by atoms with E-state index in [4.69, 9.17) is 12.9 Å². The van der Waals surface area contributed by atoms with Crippen molar-refractivity contribution in [2.24, 2.45) is 0 Å². The van der Waals surface area contributed by atoms with Gasteiger partial charge in [-0.1, -0.05) is 58.0 Å². The normalized spacial score (nSPS) is 11.7. The van der Waals surface area contributed by atoms with E-state index in [0.29, 0.717) is 11.8 Å². The maximum atomic E-state index is 6.68. The van der Waals surface area contributed by atoms with Crippen LogP contribution in [-0.4, -0.2) is 0 Å². The van der Waals surface area contributed by atoms with Crippen LogP contribution in [-0.2, 0) is 0 Å². The Balaban J connectivity index is 2.27. The number of benzene rings is 3. The van der Waals surface area contributed by atoms with Crippen LogP contribution in [0.15, 0.2) is 44.8 Å². The SMILES string of the molecule is Cc1ccccc1Op1oc2c(C(C)C)cc(C)c(C)c2c2c(C)c(C)cc(C(C)C)c2o1. The monoisotopic (exact) mass is 462 g/mol. The van der Waals surface area contributed by atoms with Gasteiger partial charge in [-0.05, 0) is 91.5 Å². The van der Waals surface area contributed by atoms with Crippen molar-refractivity contribution in [2.75, 3.05) is 0 Å². The van der Waals surface area contributed by atoms with E-state index in [1.54, 1.807) is 0 Å². The molecule has 0 amide bonds. The summed E-state index contributed by atoms with van der Waals surface area (Å²) >= 11 is 0. The smallest absolute Gasteiger partial charge is 0.390 e. The van der Waals surface area contributed by atoms with Crippen molar-refractivity contribution in [1.82, 2.24) is 0 Å². The minimum absolute atomic E-state index is 0.310. The van der Waals surface area contributed by atoms with Gasteiger partial charge in [0.15, 0.2) is 0 Å². The fourth-order valence-electron chi connectivity index (χ4n) is 4.44. The Morgan fingerprint density at radius 3 is 1.55 bits per heavy atom. The van der Waals surface area contributed by atoms with Crippen LogP contribution in [0.5, 0.6) is 5.75 Å². The van der Waals surface area contributed by atoms with Crippen LogP contribution >= 0.6 is 8.24 Å². The zero-order valence-electron chi connectivity index (χ0n) is 21.3. The molecule has 3 nitrogen and oxygen atoms in total. The number of fused-ring (bicyclic) bond motifs is 3. The summed E-state index contributed by atoms with van der Waals surface area (Å²) in [7, 11) is -1.69. The lowest BCUT2D eigenvalue weighted by atomic mass is 9.89. The van der Waals surface area contributed by atoms with Gasteiger partial charge in [0, 0.05) is 10.8 Å². The molecule has 3 aromatic carbocycles. The van der Waals surface area contributed by atoms with Crippen molar-refractivity contribution in [2.45, 2.75) is 74.1 Å². The summed E-state index contributed by atoms with van der Waals surface area (Å²) in [5.74, 6) is 1.41. The van der Waals surface area contributed by atoms with Gasteiger partial charge < -0.3 is 12.9 Å². The van der Waals surface area contributed by atoms with E-state index in [1.165, 1.54) is 33.4 Å². The van der Waals surface area contributed by atoms with Crippen LogP contribution in [0.4, 0.5) is 0 Å². The first kappa shape index (κ1) is 23.5. The molecule has 4 rings (SSSR count). The minimum Gasteiger partial charge on any atom is -0.390 e. The third-order valence-corrected chi connectivity index (χ3v) is 7.76. The molecular weight excluding hydrogens is 427 g/mol. The maximum Gasteiger partial charge on any atom is 0.453 e. The molecule has 0 unspecified atom stereocenters. The Bertz CT molecular complexity index is 1310. The van der Waals surface area contributed by atoms with Crippen molar-refractivity contribution >= 4 is 30.2 Å². The molecule has 0 aliphatic carbocycles. The van der Waals surface area contributed by atoms with Crippen LogP contribution in [0, 0.1) is 34.6 Å². The van der Waals surface area contributed by atoms with Gasteiger partial charge in [-0.2, -0.15) is 0 Å². The van der Waals surface area contributed by atoms with Crippen molar-refractivity contribution in [3.63, 3.8) is 0 Å². The molecule has 0 fully saturated rings. The van der Waals surface area contributed by atoms with Gasteiger partial charge in [0.1, 0.15) is 16.9 Å². The van der Waals surface area contributed by atoms with Crippen LogP contribution < -0.4 is 4.52 Å². The fraction of sp³-hybridized carbons (Fsp3) is 0.379. The standard InChI is InChI=1S/C29H35O3P/c1-16(2)23-14-19(6)21(8)26-27-22(9)20(7)15-24(17(3)4)29(27)32-33(31-28(23)26)30-25-13-11-10-12-18(25)5/h10-17H,1-9H3.